The van der Waals surface area contributed by atoms with Crippen molar-refractivity contribution in [2.45, 2.75) is 38.5 Å². The monoisotopic (exact) mass is 430 g/mol. The summed E-state index contributed by atoms with van der Waals surface area (Å²) in [6.07, 6.45) is 2.18. The Bertz CT molecular complexity index is 924. The molecule has 2 aliphatic rings. The zero-order valence-corrected chi connectivity index (χ0v) is 18.5. The highest BCUT2D eigenvalue weighted by molar-refractivity contribution is 8.15. The van der Waals surface area contributed by atoms with Crippen molar-refractivity contribution >= 4 is 28.8 Å². The molecule has 2 heterocycles. The van der Waals surface area contributed by atoms with Crippen molar-refractivity contribution in [2.75, 3.05) is 20.3 Å². The lowest BCUT2D eigenvalue weighted by molar-refractivity contribution is -0.139. The number of nitrogens with zero attached hydrogens (tertiary/aromatic N) is 2. The molecule has 2 aliphatic heterocycles. The van der Waals surface area contributed by atoms with Gasteiger partial charge >= 0.3 is 5.97 Å². The largest absolute Gasteiger partial charge is 0.493 e. The van der Waals surface area contributed by atoms with Crippen LogP contribution in [0.25, 0.3) is 0 Å². The molecule has 0 aromatic heterocycles. The first-order chi connectivity index (χ1) is 14.5. The second kappa shape index (κ2) is 9.38. The lowest BCUT2D eigenvalue weighted by Crippen LogP contribution is -2.40. The van der Waals surface area contributed by atoms with Crippen LogP contribution in [0.15, 0.2) is 47.1 Å². The molecule has 0 radical (unpaired) electrons. The van der Waals surface area contributed by atoms with Crippen LogP contribution in [0.2, 0.25) is 0 Å². The zero-order chi connectivity index (χ0) is 21.8. The molecular formula is C22H26N2O5S. The maximum Gasteiger partial charge on any atom is 0.338 e. The molecule has 2 atom stereocenters. The van der Waals surface area contributed by atoms with Gasteiger partial charge in [-0.05, 0) is 38.0 Å². The number of benzene rings is 1. The van der Waals surface area contributed by atoms with E-state index < -0.39 is 12.0 Å². The lowest BCUT2D eigenvalue weighted by Gasteiger charge is -2.33. The molecule has 1 aromatic rings. The third-order valence-corrected chi connectivity index (χ3v) is 6.20. The summed E-state index contributed by atoms with van der Waals surface area (Å²) in [4.78, 5) is 32.2. The number of amidine groups is 1. The van der Waals surface area contributed by atoms with Gasteiger partial charge in [-0.3, -0.25) is 9.69 Å². The summed E-state index contributed by atoms with van der Waals surface area (Å²) in [7, 11) is 1.56. The van der Waals surface area contributed by atoms with Crippen molar-refractivity contribution in [3.63, 3.8) is 0 Å². The summed E-state index contributed by atoms with van der Waals surface area (Å²) in [6.45, 7) is 9.77. The predicted octanol–water partition coefficient (Wildman–Crippen LogP) is 3.86. The van der Waals surface area contributed by atoms with Crippen LogP contribution in [0, 0.1) is 0 Å². The molecule has 0 aliphatic carbocycles. The van der Waals surface area contributed by atoms with E-state index in [2.05, 4.69) is 11.6 Å². The number of hydrogen-bond donors (Lipinski definition) is 0. The third-order valence-electron chi connectivity index (χ3n) is 4.88. The van der Waals surface area contributed by atoms with E-state index in [0.29, 0.717) is 41.0 Å². The maximum atomic E-state index is 13.1. The van der Waals surface area contributed by atoms with Gasteiger partial charge in [0.2, 0.25) is 5.91 Å². The Balaban J connectivity index is 2.13. The average Bonchev–Trinajstić information content (AvgIpc) is 3.06. The van der Waals surface area contributed by atoms with E-state index in [4.69, 9.17) is 14.2 Å². The van der Waals surface area contributed by atoms with Crippen LogP contribution in [-0.2, 0) is 14.3 Å². The van der Waals surface area contributed by atoms with Crippen LogP contribution in [0.4, 0.5) is 0 Å². The Morgan fingerprint density at radius 3 is 2.73 bits per heavy atom. The van der Waals surface area contributed by atoms with Gasteiger partial charge in [0.1, 0.15) is 6.61 Å². The topological polar surface area (TPSA) is 77.4 Å². The smallest absolute Gasteiger partial charge is 0.338 e. The summed E-state index contributed by atoms with van der Waals surface area (Å²) < 4.78 is 16.4. The highest BCUT2D eigenvalue weighted by atomic mass is 32.2. The van der Waals surface area contributed by atoms with Crippen molar-refractivity contribution in [1.82, 2.24) is 4.90 Å². The summed E-state index contributed by atoms with van der Waals surface area (Å²) in [5, 5.41) is 0.370. The van der Waals surface area contributed by atoms with Gasteiger partial charge in [-0.2, -0.15) is 0 Å². The lowest BCUT2D eigenvalue weighted by atomic mass is 9.94. The molecule has 3 rings (SSSR count). The first-order valence-electron chi connectivity index (χ1n) is 9.84. The Labute approximate surface area is 180 Å². The molecule has 30 heavy (non-hydrogen) atoms. The first-order valence-corrected chi connectivity index (χ1v) is 10.7. The minimum Gasteiger partial charge on any atom is -0.493 e. The van der Waals surface area contributed by atoms with Gasteiger partial charge in [-0.1, -0.05) is 37.4 Å². The summed E-state index contributed by atoms with van der Waals surface area (Å²) >= 11 is 1.43. The van der Waals surface area contributed by atoms with Crippen LogP contribution in [-0.4, -0.2) is 47.5 Å². The number of thioether (sulfide) groups is 1. The molecule has 0 bridgehead atoms. The fourth-order valence-electron chi connectivity index (χ4n) is 3.51. The molecular weight excluding hydrogens is 404 g/mol. The average molecular weight is 431 g/mol. The highest BCUT2D eigenvalue weighted by Gasteiger charge is 2.47. The van der Waals surface area contributed by atoms with E-state index in [1.54, 1.807) is 31.1 Å². The molecule has 1 amide bonds. The molecule has 0 unspecified atom stereocenters. The molecule has 0 spiro atoms. The van der Waals surface area contributed by atoms with Gasteiger partial charge < -0.3 is 14.2 Å². The number of amides is 1. The summed E-state index contributed by atoms with van der Waals surface area (Å²) in [5.74, 6) is 0.533. The second-order valence-electron chi connectivity index (χ2n) is 6.75. The van der Waals surface area contributed by atoms with Crippen LogP contribution < -0.4 is 9.47 Å². The predicted molar refractivity (Wildman–Crippen MR) is 117 cm³/mol. The number of esters is 1. The Morgan fingerprint density at radius 1 is 1.33 bits per heavy atom. The number of aliphatic imine (C=N–C) groups is 1. The van der Waals surface area contributed by atoms with Crippen molar-refractivity contribution in [3.05, 3.63) is 47.7 Å². The van der Waals surface area contributed by atoms with Gasteiger partial charge in [0.15, 0.2) is 16.7 Å². The number of ether oxygens (including phenoxy) is 3. The van der Waals surface area contributed by atoms with E-state index in [1.807, 2.05) is 19.9 Å². The number of carbonyl (C=O) groups excluding carboxylic acids is 2. The van der Waals surface area contributed by atoms with E-state index >= 15 is 0 Å². The van der Waals surface area contributed by atoms with Crippen LogP contribution in [0.3, 0.4) is 0 Å². The van der Waals surface area contributed by atoms with Gasteiger partial charge in [-0.15, -0.1) is 0 Å². The van der Waals surface area contributed by atoms with E-state index in [0.717, 1.165) is 5.56 Å². The van der Waals surface area contributed by atoms with Crippen LogP contribution in [0.1, 0.15) is 38.8 Å². The number of methoxy groups -OCH3 is 1. The van der Waals surface area contributed by atoms with Gasteiger partial charge in [0, 0.05) is 0 Å². The normalized spacial score (nSPS) is 20.6. The van der Waals surface area contributed by atoms with Crippen molar-refractivity contribution in [3.8, 4) is 11.5 Å². The van der Waals surface area contributed by atoms with E-state index in [-0.39, 0.29) is 17.8 Å². The molecule has 0 N–H and O–H groups in total. The van der Waals surface area contributed by atoms with E-state index in [1.165, 1.54) is 17.8 Å². The molecule has 7 nitrogen and oxygen atoms in total. The standard InChI is InChI=1S/C22H26N2O5S/c1-6-11-29-21(26)18-13(4)23-22-24(20(25)17(7-2)30-22)19(18)14-9-10-15(28-8-3)16(12-14)27-5/h6,9-10,12,17,19H,1,7-8,11H2,2-5H3/t17-,19-/m1/s1. The summed E-state index contributed by atoms with van der Waals surface area (Å²) in [6, 6.07) is 4.77. The van der Waals surface area contributed by atoms with E-state index in [9.17, 15) is 9.59 Å². The summed E-state index contributed by atoms with van der Waals surface area (Å²) in [5.41, 5.74) is 1.58. The fraction of sp³-hybridized carbons (Fsp3) is 0.409. The van der Waals surface area contributed by atoms with Crippen LogP contribution >= 0.6 is 11.8 Å². The zero-order valence-electron chi connectivity index (χ0n) is 17.6. The number of carbonyl (C=O) groups is 2. The number of allylic oxidation sites excluding steroid dienone is 1. The molecule has 1 aromatic carbocycles. The van der Waals surface area contributed by atoms with Gasteiger partial charge in [-0.25, -0.2) is 9.79 Å². The number of rotatable bonds is 8. The Kier molecular flexibility index (Phi) is 6.87. The molecule has 1 saturated heterocycles. The van der Waals surface area contributed by atoms with Crippen molar-refractivity contribution < 1.29 is 23.8 Å². The molecule has 0 saturated carbocycles. The Hall–Kier alpha value is -2.74. The molecule has 1 fully saturated rings. The number of fused-ring (bicyclic) bond motifs is 1. The molecule has 160 valence electrons. The molecule has 8 heteroatoms. The van der Waals surface area contributed by atoms with Crippen LogP contribution in [0.5, 0.6) is 11.5 Å². The fourth-order valence-corrected chi connectivity index (χ4v) is 4.64. The first kappa shape index (κ1) is 22.0. The third kappa shape index (κ3) is 3.96. The minimum atomic E-state index is -0.657. The highest BCUT2D eigenvalue weighted by Crippen LogP contribution is 2.45. The van der Waals surface area contributed by atoms with Gasteiger partial charge in [0.25, 0.3) is 0 Å². The number of hydrogen-bond acceptors (Lipinski definition) is 7. The maximum absolute atomic E-state index is 13.1. The second-order valence-corrected chi connectivity index (χ2v) is 7.92. The quantitative estimate of drug-likeness (QED) is 0.460. The minimum absolute atomic E-state index is 0.0689. The Morgan fingerprint density at radius 2 is 2.10 bits per heavy atom. The van der Waals surface area contributed by atoms with Crippen molar-refractivity contribution in [1.29, 1.82) is 0 Å². The SMILES string of the molecule is C=CCOC(=O)C1=C(C)N=C2S[C@H](CC)C(=O)N2[C@@H]1c1ccc(OCC)c(OC)c1. The van der Waals surface area contributed by atoms with Gasteiger partial charge in [0.05, 0.1) is 36.3 Å². The van der Waals surface area contributed by atoms with Crippen molar-refractivity contribution in [2.24, 2.45) is 4.99 Å².